The molecule has 0 heterocycles. The molecule has 0 saturated heterocycles. The summed E-state index contributed by atoms with van der Waals surface area (Å²) in [7, 11) is 0. The van der Waals surface area contributed by atoms with Crippen molar-refractivity contribution in [3.8, 4) is 0 Å². The van der Waals surface area contributed by atoms with Crippen LogP contribution in [0.4, 0.5) is 0 Å². The van der Waals surface area contributed by atoms with E-state index in [9.17, 15) is 9.59 Å². The Labute approximate surface area is 61.8 Å². The van der Waals surface area contributed by atoms with Gasteiger partial charge in [0.15, 0.2) is 0 Å². The largest absolute Gasteiger partial charge is 0.357 e. The molecule has 0 atom stereocenters. The maximum Gasteiger partial charge on any atom is 0.216 e. The number of carbonyl (C=O) groups is 2. The number of amides is 1. The smallest absolute Gasteiger partial charge is 0.216 e. The minimum atomic E-state index is 0.0394. The highest BCUT2D eigenvalue weighted by Gasteiger charge is 1.78. The van der Waals surface area contributed by atoms with Crippen LogP contribution in [0.15, 0.2) is 0 Å². The second-order valence-corrected chi connectivity index (χ2v) is 1.99. The average molecular weight is 145 g/mol. The minimum absolute atomic E-state index is 0.0394. The number of hydrogen-bond acceptors (Lipinski definition) is 2. The lowest BCUT2D eigenvalue weighted by molar-refractivity contribution is -0.119. The summed E-state index contributed by atoms with van der Waals surface area (Å²) in [5.41, 5.74) is 0. The van der Waals surface area contributed by atoms with Crippen molar-refractivity contribution in [2.75, 3.05) is 6.54 Å². The summed E-state index contributed by atoms with van der Waals surface area (Å²) < 4.78 is 0. The highest BCUT2D eigenvalue weighted by Crippen LogP contribution is 1.54. The predicted molar refractivity (Wildman–Crippen MR) is 40.7 cm³/mol. The SMILES string of the molecule is CC(C)=O.CCNC(C)=O. The molecule has 0 spiro atoms. The van der Waals surface area contributed by atoms with Gasteiger partial charge in [-0.05, 0) is 20.8 Å². The highest BCUT2D eigenvalue weighted by atomic mass is 16.1. The molecule has 0 bridgehead atoms. The molecule has 3 heteroatoms. The highest BCUT2D eigenvalue weighted by molar-refractivity contribution is 5.72. The Kier molecular flexibility index (Phi) is 9.67. The Morgan fingerprint density at radius 2 is 1.50 bits per heavy atom. The van der Waals surface area contributed by atoms with E-state index in [0.29, 0.717) is 0 Å². The van der Waals surface area contributed by atoms with Crippen molar-refractivity contribution >= 4 is 11.7 Å². The maximum absolute atomic E-state index is 9.93. The fourth-order valence-electron chi connectivity index (χ4n) is 0.249. The molecule has 0 aliphatic rings. The van der Waals surface area contributed by atoms with Crippen LogP contribution >= 0.6 is 0 Å². The van der Waals surface area contributed by atoms with Crippen molar-refractivity contribution < 1.29 is 9.59 Å². The van der Waals surface area contributed by atoms with Gasteiger partial charge in [-0.1, -0.05) is 0 Å². The standard InChI is InChI=1S/C4H9NO.C3H6O/c1-3-5-4(2)6;1-3(2)4/h3H2,1-2H3,(H,5,6);1-2H3. The second-order valence-electron chi connectivity index (χ2n) is 1.99. The molecule has 10 heavy (non-hydrogen) atoms. The van der Waals surface area contributed by atoms with Crippen LogP contribution in [-0.2, 0) is 9.59 Å². The number of carbonyl (C=O) groups excluding carboxylic acids is 2. The molecule has 3 nitrogen and oxygen atoms in total. The van der Waals surface area contributed by atoms with E-state index in [4.69, 9.17) is 0 Å². The topological polar surface area (TPSA) is 46.2 Å². The van der Waals surface area contributed by atoms with E-state index < -0.39 is 0 Å². The first-order chi connectivity index (χ1) is 4.50. The van der Waals surface area contributed by atoms with Gasteiger partial charge in [-0.15, -0.1) is 0 Å². The lowest BCUT2D eigenvalue weighted by atomic mass is 10.6. The monoisotopic (exact) mass is 145 g/mol. The van der Waals surface area contributed by atoms with E-state index in [1.807, 2.05) is 6.92 Å². The van der Waals surface area contributed by atoms with Crippen molar-refractivity contribution in [1.29, 1.82) is 0 Å². The van der Waals surface area contributed by atoms with E-state index in [1.165, 1.54) is 20.8 Å². The van der Waals surface area contributed by atoms with Gasteiger partial charge in [-0.3, -0.25) is 4.79 Å². The first-order valence-corrected chi connectivity index (χ1v) is 3.22. The van der Waals surface area contributed by atoms with Crippen LogP contribution in [-0.4, -0.2) is 18.2 Å². The zero-order valence-electron chi connectivity index (χ0n) is 7.02. The summed E-state index contributed by atoms with van der Waals surface area (Å²) in [4.78, 5) is 19.4. The van der Waals surface area contributed by atoms with E-state index in [0.717, 1.165) is 6.54 Å². The Balaban J connectivity index is 0. The van der Waals surface area contributed by atoms with Gasteiger partial charge in [-0.25, -0.2) is 0 Å². The summed E-state index contributed by atoms with van der Waals surface area (Å²) in [6, 6.07) is 0. The molecule has 1 amide bonds. The number of nitrogens with one attached hydrogen (secondary N) is 1. The van der Waals surface area contributed by atoms with Crippen molar-refractivity contribution in [3.05, 3.63) is 0 Å². The van der Waals surface area contributed by atoms with Crippen LogP contribution < -0.4 is 5.32 Å². The van der Waals surface area contributed by atoms with Gasteiger partial charge in [-0.2, -0.15) is 0 Å². The lowest BCUT2D eigenvalue weighted by Crippen LogP contribution is -2.18. The normalized spacial score (nSPS) is 7.20. The number of ketones is 1. The summed E-state index contributed by atoms with van der Waals surface area (Å²) in [6.07, 6.45) is 0. The molecule has 0 aliphatic carbocycles. The van der Waals surface area contributed by atoms with Crippen molar-refractivity contribution in [2.24, 2.45) is 0 Å². The third kappa shape index (κ3) is 58.8. The predicted octanol–water partition coefficient (Wildman–Crippen LogP) is 0.738. The first-order valence-electron chi connectivity index (χ1n) is 3.22. The molecule has 0 aromatic heterocycles. The Bertz CT molecular complexity index is 106. The minimum Gasteiger partial charge on any atom is -0.357 e. The van der Waals surface area contributed by atoms with E-state index in [2.05, 4.69) is 5.32 Å². The molecule has 0 radical (unpaired) electrons. The van der Waals surface area contributed by atoms with E-state index in [-0.39, 0.29) is 11.7 Å². The molecule has 60 valence electrons. The molecule has 0 fully saturated rings. The molecule has 0 rings (SSSR count). The molecular weight excluding hydrogens is 130 g/mol. The average Bonchev–Trinajstić information content (AvgIpc) is 1.62. The second kappa shape index (κ2) is 8.14. The Morgan fingerprint density at radius 3 is 1.50 bits per heavy atom. The fourth-order valence-corrected chi connectivity index (χ4v) is 0.249. The van der Waals surface area contributed by atoms with Crippen LogP contribution in [0.1, 0.15) is 27.7 Å². The summed E-state index contributed by atoms with van der Waals surface area (Å²) in [6.45, 7) is 7.18. The number of hydrogen-bond donors (Lipinski definition) is 1. The van der Waals surface area contributed by atoms with Crippen LogP contribution in [0.5, 0.6) is 0 Å². The summed E-state index contributed by atoms with van der Waals surface area (Å²) >= 11 is 0. The molecular formula is C7H15NO2. The van der Waals surface area contributed by atoms with Gasteiger partial charge < -0.3 is 10.1 Å². The van der Waals surface area contributed by atoms with Gasteiger partial charge in [0.1, 0.15) is 5.78 Å². The van der Waals surface area contributed by atoms with Crippen LogP contribution in [0, 0.1) is 0 Å². The zero-order chi connectivity index (χ0) is 8.57. The van der Waals surface area contributed by atoms with Gasteiger partial charge in [0.2, 0.25) is 5.91 Å². The number of rotatable bonds is 1. The summed E-state index contributed by atoms with van der Waals surface area (Å²) in [5.74, 6) is 0.206. The third-order valence-electron chi connectivity index (χ3n) is 0.426. The van der Waals surface area contributed by atoms with Crippen molar-refractivity contribution in [3.63, 3.8) is 0 Å². The van der Waals surface area contributed by atoms with Gasteiger partial charge in [0.05, 0.1) is 0 Å². The van der Waals surface area contributed by atoms with Gasteiger partial charge in [0.25, 0.3) is 0 Å². The molecule has 0 aromatic rings. The Morgan fingerprint density at radius 1 is 1.20 bits per heavy atom. The van der Waals surface area contributed by atoms with E-state index in [1.54, 1.807) is 0 Å². The van der Waals surface area contributed by atoms with Crippen molar-refractivity contribution in [1.82, 2.24) is 5.32 Å². The quantitative estimate of drug-likeness (QED) is 0.591. The fraction of sp³-hybridized carbons (Fsp3) is 0.714. The number of Topliss-reactive ketones (excluding diaryl/α,β-unsaturated/α-hetero) is 1. The molecule has 0 saturated carbocycles. The van der Waals surface area contributed by atoms with Crippen LogP contribution in [0.2, 0.25) is 0 Å². The van der Waals surface area contributed by atoms with Gasteiger partial charge >= 0.3 is 0 Å². The van der Waals surface area contributed by atoms with Crippen molar-refractivity contribution in [2.45, 2.75) is 27.7 Å². The van der Waals surface area contributed by atoms with Crippen LogP contribution in [0.25, 0.3) is 0 Å². The first kappa shape index (κ1) is 11.9. The maximum atomic E-state index is 9.93. The lowest BCUT2D eigenvalue weighted by Gasteiger charge is -1.88. The molecule has 1 N–H and O–H groups in total. The molecule has 0 aromatic carbocycles. The zero-order valence-corrected chi connectivity index (χ0v) is 7.02. The molecule has 0 unspecified atom stereocenters. The molecule has 0 aliphatic heterocycles. The van der Waals surface area contributed by atoms with E-state index >= 15 is 0 Å². The van der Waals surface area contributed by atoms with Crippen LogP contribution in [0.3, 0.4) is 0 Å². The summed E-state index contributed by atoms with van der Waals surface area (Å²) in [5, 5.41) is 2.57. The Hall–Kier alpha value is -0.860. The third-order valence-corrected chi connectivity index (χ3v) is 0.426. The van der Waals surface area contributed by atoms with Gasteiger partial charge in [0, 0.05) is 13.5 Å².